The Bertz CT molecular complexity index is 574. The lowest BCUT2D eigenvalue weighted by atomic mass is 10.1. The Morgan fingerprint density at radius 1 is 1.47 bits per heavy atom. The number of carbonyl (C=O) groups is 1. The van der Waals surface area contributed by atoms with Crippen LogP contribution in [0.15, 0.2) is 16.5 Å². The molecule has 1 atom stereocenters. The van der Waals surface area contributed by atoms with Gasteiger partial charge in [-0.15, -0.1) is 0 Å². The fourth-order valence-corrected chi connectivity index (χ4v) is 1.69. The smallest absolute Gasteiger partial charge is 0.325 e. The molecule has 90 valence electrons. The van der Waals surface area contributed by atoms with Crippen molar-refractivity contribution in [1.29, 1.82) is 0 Å². The maximum Gasteiger partial charge on any atom is 0.325 e. The summed E-state index contributed by atoms with van der Waals surface area (Å²) in [5.41, 5.74) is 3.52. The van der Waals surface area contributed by atoms with Crippen LogP contribution in [0.25, 0.3) is 11.1 Å². The maximum absolute atomic E-state index is 10.7. The third-order valence-corrected chi connectivity index (χ3v) is 2.53. The molecule has 1 unspecified atom stereocenters. The largest absolute Gasteiger partial charge is 0.480 e. The fourth-order valence-electron chi connectivity index (χ4n) is 1.69. The first-order chi connectivity index (χ1) is 7.97. The second-order valence-corrected chi connectivity index (χ2v) is 4.15. The average molecular weight is 234 g/mol. The van der Waals surface area contributed by atoms with E-state index in [4.69, 9.17) is 9.52 Å². The molecule has 0 radical (unpaired) electrons. The highest BCUT2D eigenvalue weighted by Gasteiger charge is 2.15. The van der Waals surface area contributed by atoms with Gasteiger partial charge in [-0.2, -0.15) is 4.98 Å². The molecule has 0 spiro atoms. The number of aliphatic carboxylic acids is 1. The van der Waals surface area contributed by atoms with E-state index in [2.05, 4.69) is 10.3 Å². The van der Waals surface area contributed by atoms with Crippen LogP contribution in [0.5, 0.6) is 0 Å². The van der Waals surface area contributed by atoms with Crippen molar-refractivity contribution >= 4 is 23.1 Å². The summed E-state index contributed by atoms with van der Waals surface area (Å²) in [5, 5.41) is 11.5. The molecule has 0 aliphatic heterocycles. The molecule has 2 N–H and O–H groups in total. The average Bonchev–Trinajstić information content (AvgIpc) is 2.60. The highest BCUT2D eigenvalue weighted by molar-refractivity contribution is 5.80. The zero-order valence-corrected chi connectivity index (χ0v) is 9.94. The summed E-state index contributed by atoms with van der Waals surface area (Å²) < 4.78 is 5.49. The quantitative estimate of drug-likeness (QED) is 0.852. The normalized spacial score (nSPS) is 12.6. The molecular formula is C12H14N2O3. The van der Waals surface area contributed by atoms with Crippen LogP contribution >= 0.6 is 0 Å². The first kappa shape index (κ1) is 11.4. The summed E-state index contributed by atoms with van der Waals surface area (Å²) in [6, 6.07) is 3.41. The number of rotatable bonds is 3. The topological polar surface area (TPSA) is 75.4 Å². The highest BCUT2D eigenvalue weighted by atomic mass is 16.4. The molecule has 1 aromatic heterocycles. The molecule has 0 aliphatic carbocycles. The summed E-state index contributed by atoms with van der Waals surface area (Å²) in [4.78, 5) is 14.9. The van der Waals surface area contributed by atoms with Crippen molar-refractivity contribution in [1.82, 2.24) is 4.98 Å². The van der Waals surface area contributed by atoms with Crippen LogP contribution in [-0.2, 0) is 4.79 Å². The van der Waals surface area contributed by atoms with Crippen LogP contribution in [0.4, 0.5) is 6.01 Å². The zero-order chi connectivity index (χ0) is 12.6. The fraction of sp³-hybridized carbons (Fsp3) is 0.333. The van der Waals surface area contributed by atoms with Crippen molar-refractivity contribution in [2.75, 3.05) is 5.32 Å². The molecule has 5 nitrogen and oxygen atoms in total. The molecule has 2 aromatic rings. The van der Waals surface area contributed by atoms with Crippen molar-refractivity contribution in [3.05, 3.63) is 23.3 Å². The minimum Gasteiger partial charge on any atom is -0.480 e. The van der Waals surface area contributed by atoms with Gasteiger partial charge in [-0.1, -0.05) is 6.07 Å². The SMILES string of the molecule is Cc1cc(C)c2oc(NC(C)C(=O)O)nc2c1. The standard InChI is InChI=1S/C12H14N2O3/c1-6-4-7(2)10-9(5-6)14-12(17-10)13-8(3)11(15)16/h4-5,8H,1-3H3,(H,13,14)(H,15,16). The number of benzene rings is 1. The van der Waals surface area contributed by atoms with Crippen molar-refractivity contribution < 1.29 is 14.3 Å². The summed E-state index contributed by atoms with van der Waals surface area (Å²) >= 11 is 0. The van der Waals surface area contributed by atoms with E-state index in [-0.39, 0.29) is 6.01 Å². The van der Waals surface area contributed by atoms with Crippen molar-refractivity contribution in [2.45, 2.75) is 26.8 Å². The van der Waals surface area contributed by atoms with Crippen molar-refractivity contribution in [3.63, 3.8) is 0 Å². The second-order valence-electron chi connectivity index (χ2n) is 4.15. The molecule has 5 heteroatoms. The van der Waals surface area contributed by atoms with Crippen molar-refractivity contribution in [2.24, 2.45) is 0 Å². The van der Waals surface area contributed by atoms with Gasteiger partial charge in [0.25, 0.3) is 6.01 Å². The van der Waals surface area contributed by atoms with E-state index in [0.29, 0.717) is 5.58 Å². The number of nitrogens with one attached hydrogen (secondary N) is 1. The van der Waals surface area contributed by atoms with E-state index in [9.17, 15) is 4.79 Å². The summed E-state index contributed by atoms with van der Waals surface area (Å²) in [6.45, 7) is 5.45. The zero-order valence-electron chi connectivity index (χ0n) is 9.94. The number of anilines is 1. The van der Waals surface area contributed by atoms with Gasteiger partial charge in [-0.25, -0.2) is 0 Å². The Balaban J connectivity index is 2.38. The van der Waals surface area contributed by atoms with E-state index in [1.807, 2.05) is 26.0 Å². The molecule has 0 aliphatic rings. The van der Waals surface area contributed by atoms with E-state index in [0.717, 1.165) is 16.6 Å². The lowest BCUT2D eigenvalue weighted by Gasteiger charge is -2.04. The van der Waals surface area contributed by atoms with Gasteiger partial charge in [0.05, 0.1) is 0 Å². The molecule has 17 heavy (non-hydrogen) atoms. The molecule has 1 heterocycles. The first-order valence-electron chi connectivity index (χ1n) is 5.34. The van der Waals surface area contributed by atoms with Gasteiger partial charge in [0.1, 0.15) is 11.6 Å². The Hall–Kier alpha value is -2.04. The summed E-state index contributed by atoms with van der Waals surface area (Å²) in [7, 11) is 0. The van der Waals surface area contributed by atoms with Gasteiger partial charge in [0, 0.05) is 0 Å². The predicted molar refractivity (Wildman–Crippen MR) is 64.2 cm³/mol. The number of carboxylic acid groups (broad SMARTS) is 1. The molecular weight excluding hydrogens is 220 g/mol. The Labute approximate surface area is 98.5 Å². The van der Waals surface area contributed by atoms with E-state index >= 15 is 0 Å². The Morgan fingerprint density at radius 3 is 2.82 bits per heavy atom. The number of hydrogen-bond donors (Lipinski definition) is 2. The molecule has 1 aromatic carbocycles. The van der Waals surface area contributed by atoms with Crippen molar-refractivity contribution in [3.8, 4) is 0 Å². The van der Waals surface area contributed by atoms with Crippen LogP contribution in [-0.4, -0.2) is 22.1 Å². The van der Waals surface area contributed by atoms with Crippen LogP contribution in [0, 0.1) is 13.8 Å². The maximum atomic E-state index is 10.7. The number of nitrogens with zero attached hydrogens (tertiary/aromatic N) is 1. The lowest BCUT2D eigenvalue weighted by Crippen LogP contribution is -2.25. The number of oxazole rings is 1. The van der Waals surface area contributed by atoms with Crippen LogP contribution in [0.2, 0.25) is 0 Å². The number of fused-ring (bicyclic) bond motifs is 1. The molecule has 0 saturated heterocycles. The molecule has 0 bridgehead atoms. The molecule has 2 rings (SSSR count). The van der Waals surface area contributed by atoms with E-state index < -0.39 is 12.0 Å². The van der Waals surface area contributed by atoms with E-state index in [1.54, 1.807) is 0 Å². The number of aryl methyl sites for hydroxylation is 2. The Kier molecular flexibility index (Phi) is 2.75. The van der Waals surface area contributed by atoms with Crippen LogP contribution in [0.3, 0.4) is 0 Å². The predicted octanol–water partition coefficient (Wildman–Crippen LogP) is 2.33. The van der Waals surface area contributed by atoms with Gasteiger partial charge >= 0.3 is 5.97 Å². The molecule has 0 fully saturated rings. The second kappa shape index (κ2) is 4.08. The van der Waals surface area contributed by atoms with Gasteiger partial charge in [-0.3, -0.25) is 4.79 Å². The molecule has 0 saturated carbocycles. The Morgan fingerprint density at radius 2 is 2.18 bits per heavy atom. The molecule has 0 amide bonds. The van der Waals surface area contributed by atoms with Gasteiger partial charge in [0.2, 0.25) is 0 Å². The number of aromatic nitrogens is 1. The lowest BCUT2D eigenvalue weighted by molar-refractivity contribution is -0.137. The third-order valence-electron chi connectivity index (χ3n) is 2.53. The number of hydrogen-bond acceptors (Lipinski definition) is 4. The van der Waals surface area contributed by atoms with E-state index in [1.165, 1.54) is 6.92 Å². The van der Waals surface area contributed by atoms with Crippen LogP contribution < -0.4 is 5.32 Å². The number of carboxylic acids is 1. The minimum absolute atomic E-state index is 0.239. The van der Waals surface area contributed by atoms with Gasteiger partial charge in [0.15, 0.2) is 5.58 Å². The van der Waals surface area contributed by atoms with Gasteiger partial charge < -0.3 is 14.8 Å². The summed E-state index contributed by atoms with van der Waals surface area (Å²) in [6.07, 6.45) is 0. The minimum atomic E-state index is -0.944. The van der Waals surface area contributed by atoms with Crippen LogP contribution in [0.1, 0.15) is 18.1 Å². The van der Waals surface area contributed by atoms with Gasteiger partial charge in [-0.05, 0) is 38.0 Å². The first-order valence-corrected chi connectivity index (χ1v) is 5.34. The third kappa shape index (κ3) is 2.22. The monoisotopic (exact) mass is 234 g/mol. The summed E-state index contributed by atoms with van der Waals surface area (Å²) in [5.74, 6) is -0.944. The highest BCUT2D eigenvalue weighted by Crippen LogP contribution is 2.24.